The normalized spacial score (nSPS) is 11.1. The van der Waals surface area contributed by atoms with Crippen LogP contribution in [-0.2, 0) is 6.54 Å². The van der Waals surface area contributed by atoms with Crippen LogP contribution in [0.3, 0.4) is 0 Å². The second-order valence-electron chi connectivity index (χ2n) is 5.27. The van der Waals surface area contributed by atoms with Crippen LogP contribution in [0, 0.1) is 12.7 Å². The van der Waals surface area contributed by atoms with Gasteiger partial charge in [-0.05, 0) is 53.2 Å². The molecule has 24 heavy (non-hydrogen) atoms. The first-order chi connectivity index (χ1) is 11.4. The number of pyridine rings is 1. The second-order valence-corrected chi connectivity index (χ2v) is 7.32. The molecule has 0 fully saturated rings. The van der Waals surface area contributed by atoms with Crippen LogP contribution in [0.15, 0.2) is 34.8 Å². The number of hydrogen-bond acceptors (Lipinski definition) is 2. The highest BCUT2D eigenvalue weighted by Gasteiger charge is 2.12. The number of anilines is 1. The maximum Gasteiger partial charge on any atom is 0.125 e. The van der Waals surface area contributed by atoms with E-state index >= 15 is 0 Å². The number of aryl methyl sites for hydroxylation is 1. The summed E-state index contributed by atoms with van der Waals surface area (Å²) in [6.45, 7) is 2.23. The summed E-state index contributed by atoms with van der Waals surface area (Å²) in [5, 5.41) is 5.27. The topological polar surface area (TPSA) is 24.9 Å². The van der Waals surface area contributed by atoms with Crippen LogP contribution in [0.5, 0.6) is 0 Å². The third kappa shape index (κ3) is 3.47. The molecule has 3 aromatic rings. The highest BCUT2D eigenvalue weighted by Crippen LogP contribution is 2.34. The first-order valence-corrected chi connectivity index (χ1v) is 8.92. The first kappa shape index (κ1) is 17.7. The van der Waals surface area contributed by atoms with E-state index in [-0.39, 0.29) is 5.82 Å². The number of halogens is 5. The van der Waals surface area contributed by atoms with Gasteiger partial charge in [0.25, 0.3) is 0 Å². The second kappa shape index (κ2) is 7.04. The zero-order valence-corrected chi connectivity index (χ0v) is 16.3. The molecule has 3 rings (SSSR count). The maximum atomic E-state index is 13.8. The van der Waals surface area contributed by atoms with Crippen molar-refractivity contribution in [1.82, 2.24) is 4.98 Å². The number of fused-ring (bicyclic) bond motifs is 1. The van der Waals surface area contributed by atoms with Crippen molar-refractivity contribution in [2.45, 2.75) is 13.5 Å². The third-order valence-electron chi connectivity index (χ3n) is 3.55. The number of nitrogens with zero attached hydrogens (tertiary/aromatic N) is 1. The third-order valence-corrected chi connectivity index (χ3v) is 5.36. The Hall–Kier alpha value is -1.07. The SMILES string of the molecule is Cc1cc(NCc2c(Cl)ccc(Cl)c2Cl)c2cc(F)cc(Br)c2n1. The van der Waals surface area contributed by atoms with Gasteiger partial charge in [-0.1, -0.05) is 34.8 Å². The fraction of sp³-hybridized carbons (Fsp3) is 0.118. The standard InChI is InChI=1S/C17H11BrCl3FN2/c1-8-4-15(10-5-9(22)6-12(18)17(10)24-8)23-7-11-13(19)2-3-14(20)16(11)21/h2-6H,7H2,1H3,(H,23,24). The minimum Gasteiger partial charge on any atom is -0.380 e. The predicted molar refractivity (Wildman–Crippen MR) is 103 cm³/mol. The van der Waals surface area contributed by atoms with E-state index in [0.29, 0.717) is 42.6 Å². The monoisotopic (exact) mass is 446 g/mol. The summed E-state index contributed by atoms with van der Waals surface area (Å²) >= 11 is 21.8. The van der Waals surface area contributed by atoms with Crippen LogP contribution in [0.2, 0.25) is 15.1 Å². The Morgan fingerprint density at radius 1 is 1.12 bits per heavy atom. The van der Waals surface area contributed by atoms with Crippen LogP contribution >= 0.6 is 50.7 Å². The lowest BCUT2D eigenvalue weighted by atomic mass is 10.1. The summed E-state index contributed by atoms with van der Waals surface area (Å²) < 4.78 is 14.4. The summed E-state index contributed by atoms with van der Waals surface area (Å²) in [5.74, 6) is -0.345. The molecular weight excluding hydrogens is 437 g/mol. The molecule has 124 valence electrons. The van der Waals surface area contributed by atoms with E-state index < -0.39 is 0 Å². The molecule has 2 nitrogen and oxygen atoms in total. The van der Waals surface area contributed by atoms with Crippen molar-refractivity contribution in [1.29, 1.82) is 0 Å². The Morgan fingerprint density at radius 2 is 1.83 bits per heavy atom. The van der Waals surface area contributed by atoms with E-state index in [1.165, 1.54) is 12.1 Å². The molecule has 0 aliphatic carbocycles. The molecule has 1 N–H and O–H groups in total. The fourth-order valence-corrected chi connectivity index (χ4v) is 3.64. The van der Waals surface area contributed by atoms with E-state index in [1.54, 1.807) is 12.1 Å². The van der Waals surface area contributed by atoms with Gasteiger partial charge in [0.15, 0.2) is 0 Å². The minimum absolute atomic E-state index is 0.345. The zero-order valence-electron chi connectivity index (χ0n) is 12.4. The van der Waals surface area contributed by atoms with E-state index in [9.17, 15) is 4.39 Å². The summed E-state index contributed by atoms with van der Waals surface area (Å²) in [6, 6.07) is 8.02. The van der Waals surface area contributed by atoms with Crippen LogP contribution in [0.1, 0.15) is 11.3 Å². The molecule has 7 heteroatoms. The van der Waals surface area contributed by atoms with Crippen LogP contribution in [0.25, 0.3) is 10.9 Å². The Morgan fingerprint density at radius 3 is 2.58 bits per heavy atom. The quantitative estimate of drug-likeness (QED) is 0.436. The maximum absolute atomic E-state index is 13.8. The average Bonchev–Trinajstić information content (AvgIpc) is 2.52. The molecule has 1 heterocycles. The highest BCUT2D eigenvalue weighted by atomic mass is 79.9. The van der Waals surface area contributed by atoms with Crippen molar-refractivity contribution in [3.8, 4) is 0 Å². The number of aromatic nitrogens is 1. The van der Waals surface area contributed by atoms with Crippen molar-refractivity contribution in [2.75, 3.05) is 5.32 Å². The van der Waals surface area contributed by atoms with Crippen molar-refractivity contribution >= 4 is 67.3 Å². The van der Waals surface area contributed by atoms with Gasteiger partial charge in [0.05, 0.1) is 15.6 Å². The first-order valence-electron chi connectivity index (χ1n) is 6.99. The summed E-state index contributed by atoms with van der Waals surface area (Å²) in [5.41, 5.74) is 2.91. The Balaban J connectivity index is 2.04. The van der Waals surface area contributed by atoms with Gasteiger partial charge >= 0.3 is 0 Å². The lowest BCUT2D eigenvalue weighted by Gasteiger charge is -2.14. The van der Waals surface area contributed by atoms with Gasteiger partial charge in [0, 0.05) is 38.4 Å². The summed E-state index contributed by atoms with van der Waals surface area (Å²) in [4.78, 5) is 4.45. The predicted octanol–water partition coefficient (Wildman–Crippen LogP) is 7.02. The molecule has 0 spiro atoms. The molecule has 0 unspecified atom stereocenters. The largest absolute Gasteiger partial charge is 0.380 e. The molecule has 0 bridgehead atoms. The Kier molecular flexibility index (Phi) is 5.21. The number of benzene rings is 2. The Labute approximate surface area is 162 Å². The lowest BCUT2D eigenvalue weighted by Crippen LogP contribution is -2.03. The van der Waals surface area contributed by atoms with Gasteiger partial charge in [0.2, 0.25) is 0 Å². The Bertz CT molecular complexity index is 947. The minimum atomic E-state index is -0.345. The van der Waals surface area contributed by atoms with E-state index in [2.05, 4.69) is 26.2 Å². The number of nitrogens with one attached hydrogen (secondary N) is 1. The number of hydrogen-bond donors (Lipinski definition) is 1. The molecule has 1 aromatic heterocycles. The smallest absolute Gasteiger partial charge is 0.125 e. The van der Waals surface area contributed by atoms with Crippen LogP contribution < -0.4 is 5.32 Å². The van der Waals surface area contributed by atoms with Gasteiger partial charge in [-0.15, -0.1) is 0 Å². The molecule has 0 aliphatic rings. The van der Waals surface area contributed by atoms with Crippen molar-refractivity contribution in [3.05, 3.63) is 66.9 Å². The average molecular weight is 449 g/mol. The fourth-order valence-electron chi connectivity index (χ4n) is 2.44. The van der Waals surface area contributed by atoms with Crippen molar-refractivity contribution < 1.29 is 4.39 Å². The van der Waals surface area contributed by atoms with E-state index in [0.717, 1.165) is 11.4 Å². The number of rotatable bonds is 3. The molecule has 0 saturated heterocycles. The van der Waals surface area contributed by atoms with Gasteiger partial charge < -0.3 is 5.32 Å². The van der Waals surface area contributed by atoms with Gasteiger partial charge in [0.1, 0.15) is 5.82 Å². The molecule has 0 atom stereocenters. The van der Waals surface area contributed by atoms with E-state index in [1.807, 2.05) is 13.0 Å². The van der Waals surface area contributed by atoms with Crippen molar-refractivity contribution in [3.63, 3.8) is 0 Å². The van der Waals surface area contributed by atoms with Gasteiger partial charge in [-0.2, -0.15) is 0 Å². The summed E-state index contributed by atoms with van der Waals surface area (Å²) in [7, 11) is 0. The van der Waals surface area contributed by atoms with Crippen LogP contribution in [-0.4, -0.2) is 4.98 Å². The molecule has 0 radical (unpaired) electrons. The van der Waals surface area contributed by atoms with E-state index in [4.69, 9.17) is 34.8 Å². The van der Waals surface area contributed by atoms with Crippen molar-refractivity contribution in [2.24, 2.45) is 0 Å². The molecule has 0 aliphatic heterocycles. The lowest BCUT2D eigenvalue weighted by molar-refractivity contribution is 0.629. The van der Waals surface area contributed by atoms with Gasteiger partial charge in [-0.25, -0.2) is 4.39 Å². The van der Waals surface area contributed by atoms with Crippen LogP contribution in [0.4, 0.5) is 10.1 Å². The molecular formula is C17H11BrCl3FN2. The zero-order chi connectivity index (χ0) is 17.4. The van der Waals surface area contributed by atoms with Gasteiger partial charge in [-0.3, -0.25) is 4.98 Å². The molecule has 0 saturated carbocycles. The molecule has 0 amide bonds. The molecule has 2 aromatic carbocycles. The summed E-state index contributed by atoms with van der Waals surface area (Å²) in [6.07, 6.45) is 0. The highest BCUT2D eigenvalue weighted by molar-refractivity contribution is 9.10.